The molecule has 1 aliphatic rings. The first-order chi connectivity index (χ1) is 9.24. The molecular weight excluding hydrogens is 264 g/mol. The number of aromatic nitrogens is 1. The predicted octanol–water partition coefficient (Wildman–Crippen LogP) is 2.22. The molecule has 1 aromatic carbocycles. The van der Waals surface area contributed by atoms with Gasteiger partial charge in [-0.3, -0.25) is 4.79 Å². The zero-order chi connectivity index (χ0) is 13.2. The molecule has 2 heterocycles. The number of carboxylic acids is 1. The van der Waals surface area contributed by atoms with Gasteiger partial charge < -0.3 is 14.4 Å². The summed E-state index contributed by atoms with van der Waals surface area (Å²) in [6, 6.07) is 8.06. The highest BCUT2D eigenvalue weighted by molar-refractivity contribution is 7.99. The molecular formula is C13H14N2O3S. The quantitative estimate of drug-likeness (QED) is 0.928. The van der Waals surface area contributed by atoms with E-state index in [9.17, 15) is 4.79 Å². The summed E-state index contributed by atoms with van der Waals surface area (Å²) >= 11 is 1.78. The van der Waals surface area contributed by atoms with E-state index in [2.05, 4.69) is 4.98 Å². The third kappa shape index (κ3) is 2.53. The Bertz CT molecular complexity index is 565. The van der Waals surface area contributed by atoms with Crippen LogP contribution in [0.4, 0.5) is 6.01 Å². The van der Waals surface area contributed by atoms with Crippen LogP contribution in [0.5, 0.6) is 0 Å². The number of aliphatic carboxylic acids is 1. The van der Waals surface area contributed by atoms with Gasteiger partial charge in [0.15, 0.2) is 5.58 Å². The summed E-state index contributed by atoms with van der Waals surface area (Å²) in [5.41, 5.74) is 1.55. The summed E-state index contributed by atoms with van der Waals surface area (Å²) < 4.78 is 5.73. The number of thioether (sulfide) groups is 1. The molecule has 0 saturated carbocycles. The summed E-state index contributed by atoms with van der Waals surface area (Å²) in [4.78, 5) is 17.4. The molecule has 6 heteroatoms. The fourth-order valence-electron chi connectivity index (χ4n) is 2.26. The largest absolute Gasteiger partial charge is 0.481 e. The van der Waals surface area contributed by atoms with Gasteiger partial charge >= 0.3 is 5.97 Å². The lowest BCUT2D eigenvalue weighted by molar-refractivity contribution is -0.137. The molecule has 1 aromatic heterocycles. The van der Waals surface area contributed by atoms with Crippen molar-refractivity contribution in [3.05, 3.63) is 24.3 Å². The smallest absolute Gasteiger partial charge is 0.305 e. The maximum absolute atomic E-state index is 10.9. The number of carbonyl (C=O) groups is 1. The molecule has 1 fully saturated rings. The standard InChI is InChI=1S/C13H14N2O3S/c16-12(17)7-9-8-19-6-5-15(9)13-14-10-3-1-2-4-11(10)18-13/h1-4,9H,5-8H2,(H,16,17). The van der Waals surface area contributed by atoms with Crippen molar-refractivity contribution in [2.45, 2.75) is 12.5 Å². The van der Waals surface area contributed by atoms with E-state index in [1.54, 1.807) is 11.8 Å². The lowest BCUT2D eigenvalue weighted by Crippen LogP contribution is -2.43. The van der Waals surface area contributed by atoms with Crippen molar-refractivity contribution < 1.29 is 14.3 Å². The third-order valence-corrected chi connectivity index (χ3v) is 4.26. The number of anilines is 1. The van der Waals surface area contributed by atoms with E-state index in [0.717, 1.165) is 29.2 Å². The molecule has 0 aliphatic carbocycles. The number of nitrogens with zero attached hydrogens (tertiary/aromatic N) is 2. The van der Waals surface area contributed by atoms with Crippen LogP contribution in [0.3, 0.4) is 0 Å². The van der Waals surface area contributed by atoms with Crippen molar-refractivity contribution in [1.29, 1.82) is 0 Å². The van der Waals surface area contributed by atoms with Crippen LogP contribution in [0.1, 0.15) is 6.42 Å². The van der Waals surface area contributed by atoms with Gasteiger partial charge in [0.1, 0.15) is 5.52 Å². The van der Waals surface area contributed by atoms with E-state index in [-0.39, 0.29) is 12.5 Å². The molecule has 5 nitrogen and oxygen atoms in total. The van der Waals surface area contributed by atoms with E-state index >= 15 is 0 Å². The van der Waals surface area contributed by atoms with Gasteiger partial charge in [-0.25, -0.2) is 0 Å². The number of hydrogen-bond donors (Lipinski definition) is 1. The minimum atomic E-state index is -0.784. The average Bonchev–Trinajstić information content (AvgIpc) is 2.82. The highest BCUT2D eigenvalue weighted by Crippen LogP contribution is 2.28. The monoisotopic (exact) mass is 278 g/mol. The normalized spacial score (nSPS) is 19.8. The Balaban J connectivity index is 1.91. The fraction of sp³-hybridized carbons (Fsp3) is 0.385. The third-order valence-electron chi connectivity index (χ3n) is 3.17. The van der Waals surface area contributed by atoms with Gasteiger partial charge in [0.05, 0.1) is 12.5 Å². The summed E-state index contributed by atoms with van der Waals surface area (Å²) in [5.74, 6) is 0.980. The number of hydrogen-bond acceptors (Lipinski definition) is 5. The molecule has 100 valence electrons. The molecule has 1 unspecified atom stereocenters. The second kappa shape index (κ2) is 5.13. The van der Waals surface area contributed by atoms with Crippen LogP contribution >= 0.6 is 11.8 Å². The van der Waals surface area contributed by atoms with Gasteiger partial charge in [0.25, 0.3) is 6.01 Å². The predicted molar refractivity (Wildman–Crippen MR) is 74.7 cm³/mol. The number of oxazole rings is 1. The first-order valence-corrected chi connectivity index (χ1v) is 7.31. The van der Waals surface area contributed by atoms with Crippen LogP contribution in [0, 0.1) is 0 Å². The summed E-state index contributed by atoms with van der Waals surface area (Å²) in [6.45, 7) is 0.773. The number of para-hydroxylation sites is 2. The minimum Gasteiger partial charge on any atom is -0.481 e. The Labute approximate surface area is 114 Å². The van der Waals surface area contributed by atoms with Gasteiger partial charge in [0, 0.05) is 18.1 Å². The second-order valence-corrected chi connectivity index (χ2v) is 5.63. The van der Waals surface area contributed by atoms with Crippen molar-refractivity contribution in [2.24, 2.45) is 0 Å². The zero-order valence-electron chi connectivity index (χ0n) is 10.3. The zero-order valence-corrected chi connectivity index (χ0v) is 11.1. The molecule has 1 aliphatic heterocycles. The number of benzene rings is 1. The Kier molecular flexibility index (Phi) is 3.33. The number of carboxylic acid groups (broad SMARTS) is 1. The summed E-state index contributed by atoms with van der Waals surface area (Å²) in [5, 5.41) is 8.98. The minimum absolute atomic E-state index is 0.0516. The number of rotatable bonds is 3. The molecule has 0 radical (unpaired) electrons. The molecule has 3 rings (SSSR count). The average molecular weight is 278 g/mol. The van der Waals surface area contributed by atoms with E-state index in [1.165, 1.54) is 0 Å². The van der Waals surface area contributed by atoms with E-state index < -0.39 is 5.97 Å². The Morgan fingerprint density at radius 1 is 1.53 bits per heavy atom. The van der Waals surface area contributed by atoms with Crippen LogP contribution in [0.2, 0.25) is 0 Å². The topological polar surface area (TPSA) is 66.6 Å². The Morgan fingerprint density at radius 2 is 2.37 bits per heavy atom. The Hall–Kier alpha value is -1.69. The van der Waals surface area contributed by atoms with Gasteiger partial charge in [0.2, 0.25) is 0 Å². The van der Waals surface area contributed by atoms with Gasteiger partial charge in [-0.05, 0) is 12.1 Å². The van der Waals surface area contributed by atoms with Crippen LogP contribution in [0.15, 0.2) is 28.7 Å². The summed E-state index contributed by atoms with van der Waals surface area (Å²) in [7, 11) is 0. The number of fused-ring (bicyclic) bond motifs is 1. The van der Waals surface area contributed by atoms with Crippen molar-refractivity contribution in [1.82, 2.24) is 4.98 Å². The van der Waals surface area contributed by atoms with Crippen molar-refractivity contribution in [3.8, 4) is 0 Å². The van der Waals surface area contributed by atoms with Crippen LogP contribution in [-0.2, 0) is 4.79 Å². The lowest BCUT2D eigenvalue weighted by atomic mass is 10.2. The molecule has 0 bridgehead atoms. The highest BCUT2D eigenvalue weighted by atomic mass is 32.2. The van der Waals surface area contributed by atoms with Gasteiger partial charge in [-0.15, -0.1) is 0 Å². The van der Waals surface area contributed by atoms with Crippen molar-refractivity contribution in [2.75, 3.05) is 23.0 Å². The maximum Gasteiger partial charge on any atom is 0.305 e. The SMILES string of the molecule is O=C(O)CC1CSCCN1c1nc2ccccc2o1. The molecule has 1 atom stereocenters. The van der Waals surface area contributed by atoms with Crippen molar-refractivity contribution >= 4 is 34.8 Å². The van der Waals surface area contributed by atoms with E-state index in [4.69, 9.17) is 9.52 Å². The van der Waals surface area contributed by atoms with Crippen LogP contribution < -0.4 is 4.90 Å². The summed E-state index contributed by atoms with van der Waals surface area (Å²) in [6.07, 6.45) is 0.117. The molecule has 0 amide bonds. The van der Waals surface area contributed by atoms with Crippen LogP contribution in [0.25, 0.3) is 11.1 Å². The molecule has 0 spiro atoms. The van der Waals surface area contributed by atoms with Crippen molar-refractivity contribution in [3.63, 3.8) is 0 Å². The van der Waals surface area contributed by atoms with E-state index in [0.29, 0.717) is 6.01 Å². The highest BCUT2D eigenvalue weighted by Gasteiger charge is 2.28. The first-order valence-electron chi connectivity index (χ1n) is 6.16. The Morgan fingerprint density at radius 3 is 3.16 bits per heavy atom. The van der Waals surface area contributed by atoms with Crippen LogP contribution in [-0.4, -0.2) is 40.2 Å². The molecule has 1 N–H and O–H groups in total. The second-order valence-electron chi connectivity index (χ2n) is 4.48. The molecule has 1 saturated heterocycles. The molecule has 2 aromatic rings. The van der Waals surface area contributed by atoms with E-state index in [1.807, 2.05) is 29.2 Å². The first kappa shape index (κ1) is 12.3. The molecule has 19 heavy (non-hydrogen) atoms. The fourth-order valence-corrected chi connectivity index (χ4v) is 3.32. The van der Waals surface area contributed by atoms with Gasteiger partial charge in [-0.1, -0.05) is 12.1 Å². The lowest BCUT2D eigenvalue weighted by Gasteiger charge is -2.33. The maximum atomic E-state index is 10.9. The van der Waals surface area contributed by atoms with Gasteiger partial charge in [-0.2, -0.15) is 16.7 Å².